The Labute approximate surface area is 166 Å². The number of aromatic nitrogens is 2. The molecule has 3 aromatic rings. The number of benzene rings is 2. The van der Waals surface area contributed by atoms with E-state index >= 15 is 0 Å². The predicted molar refractivity (Wildman–Crippen MR) is 105 cm³/mol. The maximum atomic E-state index is 12.2. The van der Waals surface area contributed by atoms with Gasteiger partial charge in [-0.15, -0.1) is 10.2 Å². The standard InChI is InChI=1S/C19H19N3O5S/c1-24-14-6-4-5-12(7-14)18-21-22-19(27-18)28-11-17(23)20-13-8-15(25-2)10-16(9-13)26-3/h4-10H,11H2,1-3H3,(H,20,23). The van der Waals surface area contributed by atoms with Crippen LogP contribution in [0.4, 0.5) is 5.69 Å². The third kappa shape index (κ3) is 4.95. The van der Waals surface area contributed by atoms with E-state index in [0.29, 0.717) is 34.0 Å². The van der Waals surface area contributed by atoms with E-state index in [1.165, 1.54) is 0 Å². The zero-order chi connectivity index (χ0) is 19.9. The molecule has 0 saturated carbocycles. The molecule has 1 amide bonds. The number of carbonyl (C=O) groups excluding carboxylic acids is 1. The van der Waals surface area contributed by atoms with Crippen LogP contribution in [-0.4, -0.2) is 43.2 Å². The Morgan fingerprint density at radius 3 is 2.39 bits per heavy atom. The van der Waals surface area contributed by atoms with Crippen LogP contribution >= 0.6 is 11.8 Å². The molecule has 3 rings (SSSR count). The molecular formula is C19H19N3O5S. The third-order valence-corrected chi connectivity index (χ3v) is 4.50. The van der Waals surface area contributed by atoms with Crippen molar-refractivity contribution in [1.82, 2.24) is 10.2 Å². The Morgan fingerprint density at radius 1 is 1.00 bits per heavy atom. The summed E-state index contributed by atoms with van der Waals surface area (Å²) in [4.78, 5) is 12.2. The van der Waals surface area contributed by atoms with Crippen molar-refractivity contribution in [2.75, 3.05) is 32.4 Å². The Kier molecular flexibility index (Phi) is 6.38. The van der Waals surface area contributed by atoms with Crippen LogP contribution < -0.4 is 19.5 Å². The lowest BCUT2D eigenvalue weighted by atomic mass is 10.2. The number of carbonyl (C=O) groups is 1. The highest BCUT2D eigenvalue weighted by Crippen LogP contribution is 2.27. The average Bonchev–Trinajstić information content (AvgIpc) is 3.21. The van der Waals surface area contributed by atoms with E-state index in [1.807, 2.05) is 18.2 Å². The molecule has 0 radical (unpaired) electrons. The molecule has 0 aliphatic carbocycles. The van der Waals surface area contributed by atoms with Crippen molar-refractivity contribution >= 4 is 23.4 Å². The predicted octanol–water partition coefficient (Wildman–Crippen LogP) is 3.49. The lowest BCUT2D eigenvalue weighted by molar-refractivity contribution is -0.113. The van der Waals surface area contributed by atoms with Crippen LogP contribution in [0, 0.1) is 0 Å². The van der Waals surface area contributed by atoms with E-state index in [-0.39, 0.29) is 11.7 Å². The summed E-state index contributed by atoms with van der Waals surface area (Å²) in [6.45, 7) is 0. The fourth-order valence-corrected chi connectivity index (χ4v) is 2.91. The van der Waals surface area contributed by atoms with E-state index < -0.39 is 0 Å². The molecule has 1 heterocycles. The summed E-state index contributed by atoms with van der Waals surface area (Å²) in [5, 5.41) is 11.1. The zero-order valence-electron chi connectivity index (χ0n) is 15.6. The van der Waals surface area contributed by atoms with Gasteiger partial charge in [-0.3, -0.25) is 4.79 Å². The van der Waals surface area contributed by atoms with Gasteiger partial charge in [0.15, 0.2) is 0 Å². The van der Waals surface area contributed by atoms with Crippen molar-refractivity contribution in [2.24, 2.45) is 0 Å². The minimum absolute atomic E-state index is 0.110. The van der Waals surface area contributed by atoms with Gasteiger partial charge in [0.05, 0.1) is 27.1 Å². The Hall–Kier alpha value is -3.20. The van der Waals surface area contributed by atoms with Gasteiger partial charge in [-0.05, 0) is 18.2 Å². The Bertz CT molecular complexity index is 938. The van der Waals surface area contributed by atoms with Gasteiger partial charge in [-0.1, -0.05) is 17.8 Å². The number of methoxy groups -OCH3 is 3. The minimum Gasteiger partial charge on any atom is -0.497 e. The largest absolute Gasteiger partial charge is 0.497 e. The van der Waals surface area contributed by atoms with Crippen LogP contribution in [0.1, 0.15) is 0 Å². The molecule has 9 heteroatoms. The number of amides is 1. The molecule has 8 nitrogen and oxygen atoms in total. The number of nitrogens with one attached hydrogen (secondary N) is 1. The molecule has 1 N–H and O–H groups in total. The smallest absolute Gasteiger partial charge is 0.277 e. The van der Waals surface area contributed by atoms with Gasteiger partial charge in [0.2, 0.25) is 11.8 Å². The molecular weight excluding hydrogens is 382 g/mol. The quantitative estimate of drug-likeness (QED) is 0.573. The second-order valence-corrected chi connectivity index (χ2v) is 6.47. The molecule has 146 valence electrons. The number of rotatable bonds is 8. The first kappa shape index (κ1) is 19.6. The monoisotopic (exact) mass is 401 g/mol. The fraction of sp³-hybridized carbons (Fsp3) is 0.211. The lowest BCUT2D eigenvalue weighted by Crippen LogP contribution is -2.14. The van der Waals surface area contributed by atoms with Gasteiger partial charge in [0, 0.05) is 29.4 Å². The first-order valence-corrected chi connectivity index (χ1v) is 9.23. The first-order chi connectivity index (χ1) is 13.6. The number of ether oxygens (including phenoxy) is 3. The number of hydrogen-bond donors (Lipinski definition) is 1. The molecule has 0 unspecified atom stereocenters. The van der Waals surface area contributed by atoms with Crippen molar-refractivity contribution in [3.8, 4) is 28.7 Å². The number of hydrogen-bond acceptors (Lipinski definition) is 8. The van der Waals surface area contributed by atoms with Crippen molar-refractivity contribution in [3.63, 3.8) is 0 Å². The van der Waals surface area contributed by atoms with Gasteiger partial charge in [-0.25, -0.2) is 0 Å². The third-order valence-electron chi connectivity index (χ3n) is 3.69. The molecule has 0 saturated heterocycles. The van der Waals surface area contributed by atoms with Crippen LogP contribution in [0.3, 0.4) is 0 Å². The van der Waals surface area contributed by atoms with Crippen molar-refractivity contribution in [3.05, 3.63) is 42.5 Å². The highest BCUT2D eigenvalue weighted by molar-refractivity contribution is 7.99. The van der Waals surface area contributed by atoms with Crippen LogP contribution in [-0.2, 0) is 4.79 Å². The van der Waals surface area contributed by atoms with Crippen LogP contribution in [0.2, 0.25) is 0 Å². The van der Waals surface area contributed by atoms with Crippen molar-refractivity contribution < 1.29 is 23.4 Å². The molecule has 28 heavy (non-hydrogen) atoms. The molecule has 2 aromatic carbocycles. The molecule has 0 bridgehead atoms. The molecule has 0 atom stereocenters. The van der Waals surface area contributed by atoms with E-state index in [2.05, 4.69) is 15.5 Å². The minimum atomic E-state index is -0.221. The molecule has 0 spiro atoms. The highest BCUT2D eigenvalue weighted by atomic mass is 32.2. The topological polar surface area (TPSA) is 95.7 Å². The summed E-state index contributed by atoms with van der Waals surface area (Å²) in [6.07, 6.45) is 0. The van der Waals surface area contributed by atoms with Crippen LogP contribution in [0.15, 0.2) is 52.1 Å². The maximum Gasteiger partial charge on any atom is 0.277 e. The summed E-state index contributed by atoms with van der Waals surface area (Å²) >= 11 is 1.15. The van der Waals surface area contributed by atoms with Gasteiger partial charge in [0.25, 0.3) is 5.22 Å². The Balaban J connectivity index is 1.60. The fourth-order valence-electron chi connectivity index (χ4n) is 2.34. The second kappa shape index (κ2) is 9.14. The van der Waals surface area contributed by atoms with E-state index in [9.17, 15) is 4.79 Å². The zero-order valence-corrected chi connectivity index (χ0v) is 16.4. The average molecular weight is 401 g/mol. The van der Waals surface area contributed by atoms with E-state index in [1.54, 1.807) is 45.6 Å². The summed E-state index contributed by atoms with van der Waals surface area (Å²) in [6, 6.07) is 12.4. The summed E-state index contributed by atoms with van der Waals surface area (Å²) in [7, 11) is 4.68. The second-order valence-electron chi connectivity index (χ2n) is 5.54. The van der Waals surface area contributed by atoms with Gasteiger partial charge < -0.3 is 23.9 Å². The van der Waals surface area contributed by atoms with Gasteiger partial charge >= 0.3 is 0 Å². The number of nitrogens with zero attached hydrogens (tertiary/aromatic N) is 2. The maximum absolute atomic E-state index is 12.2. The van der Waals surface area contributed by atoms with Crippen molar-refractivity contribution in [2.45, 2.75) is 5.22 Å². The SMILES string of the molecule is COc1cc(NC(=O)CSc2nnc(-c3cccc(OC)c3)o2)cc(OC)c1. The van der Waals surface area contributed by atoms with E-state index in [0.717, 1.165) is 17.3 Å². The lowest BCUT2D eigenvalue weighted by Gasteiger charge is -2.09. The molecule has 0 fully saturated rings. The summed E-state index contributed by atoms with van der Waals surface area (Å²) in [5.74, 6) is 2.11. The van der Waals surface area contributed by atoms with Crippen LogP contribution in [0.5, 0.6) is 17.2 Å². The molecule has 0 aliphatic heterocycles. The summed E-state index contributed by atoms with van der Waals surface area (Å²) < 4.78 is 21.2. The summed E-state index contributed by atoms with van der Waals surface area (Å²) in [5.41, 5.74) is 1.32. The Morgan fingerprint density at radius 2 is 1.71 bits per heavy atom. The molecule has 1 aromatic heterocycles. The highest BCUT2D eigenvalue weighted by Gasteiger charge is 2.12. The number of anilines is 1. The normalized spacial score (nSPS) is 10.4. The van der Waals surface area contributed by atoms with Gasteiger partial charge in [0.1, 0.15) is 17.2 Å². The first-order valence-electron chi connectivity index (χ1n) is 8.25. The van der Waals surface area contributed by atoms with E-state index in [4.69, 9.17) is 18.6 Å². The number of thioether (sulfide) groups is 1. The van der Waals surface area contributed by atoms with Crippen LogP contribution in [0.25, 0.3) is 11.5 Å². The molecule has 0 aliphatic rings. The van der Waals surface area contributed by atoms with Crippen molar-refractivity contribution in [1.29, 1.82) is 0 Å². The van der Waals surface area contributed by atoms with Gasteiger partial charge in [-0.2, -0.15) is 0 Å².